The Morgan fingerprint density at radius 3 is 2.74 bits per heavy atom. The lowest BCUT2D eigenvalue weighted by Gasteiger charge is -2.23. The molecule has 19 heavy (non-hydrogen) atoms. The fourth-order valence-corrected chi connectivity index (χ4v) is 2.26. The molecule has 1 saturated heterocycles. The van der Waals surface area contributed by atoms with Crippen molar-refractivity contribution < 1.29 is 4.74 Å². The van der Waals surface area contributed by atoms with Gasteiger partial charge in [-0.1, -0.05) is 0 Å². The van der Waals surface area contributed by atoms with Crippen LogP contribution in [0.3, 0.4) is 0 Å². The molecule has 6 nitrogen and oxygen atoms in total. The second kappa shape index (κ2) is 5.36. The number of piperidine rings is 1. The molecule has 1 aliphatic rings. The molecule has 6 heteroatoms. The molecule has 0 bridgehead atoms. The maximum absolute atomic E-state index is 6.01. The second-order valence-corrected chi connectivity index (χ2v) is 4.62. The molecule has 2 aromatic heterocycles. The van der Waals surface area contributed by atoms with Crippen LogP contribution in [0.4, 0.5) is 0 Å². The Kier molecular flexibility index (Phi) is 3.41. The van der Waals surface area contributed by atoms with Crippen molar-refractivity contribution in [3.05, 3.63) is 24.7 Å². The highest BCUT2D eigenvalue weighted by Crippen LogP contribution is 2.26. The zero-order valence-electron chi connectivity index (χ0n) is 10.9. The molecule has 0 aliphatic carbocycles. The number of hydrogen-bond acceptors (Lipinski definition) is 5. The average Bonchev–Trinajstić information content (AvgIpc) is 2.87. The van der Waals surface area contributed by atoms with Crippen molar-refractivity contribution in [1.82, 2.24) is 25.1 Å². The summed E-state index contributed by atoms with van der Waals surface area (Å²) in [5, 5.41) is 7.49. The van der Waals surface area contributed by atoms with E-state index >= 15 is 0 Å². The molecular formula is C13H17N5O. The Balaban J connectivity index is 1.87. The van der Waals surface area contributed by atoms with Gasteiger partial charge in [-0.05, 0) is 32.0 Å². The van der Waals surface area contributed by atoms with Crippen LogP contribution in [0.15, 0.2) is 24.7 Å². The minimum absolute atomic E-state index is 0.213. The molecular weight excluding hydrogens is 242 g/mol. The van der Waals surface area contributed by atoms with Crippen molar-refractivity contribution in [2.75, 3.05) is 13.1 Å². The monoisotopic (exact) mass is 259 g/mol. The van der Waals surface area contributed by atoms with E-state index in [-0.39, 0.29) is 6.10 Å². The minimum Gasteiger partial charge on any atom is -0.473 e. The molecule has 2 aromatic rings. The van der Waals surface area contributed by atoms with E-state index in [4.69, 9.17) is 4.74 Å². The van der Waals surface area contributed by atoms with Crippen LogP contribution in [0.2, 0.25) is 0 Å². The van der Waals surface area contributed by atoms with E-state index in [1.165, 1.54) is 0 Å². The van der Waals surface area contributed by atoms with Crippen LogP contribution in [-0.2, 0) is 7.05 Å². The fourth-order valence-electron chi connectivity index (χ4n) is 2.26. The summed E-state index contributed by atoms with van der Waals surface area (Å²) in [5.74, 6) is 0.595. The quantitative estimate of drug-likeness (QED) is 0.891. The summed E-state index contributed by atoms with van der Waals surface area (Å²) in [7, 11) is 1.89. The van der Waals surface area contributed by atoms with E-state index in [1.807, 2.05) is 13.1 Å². The topological polar surface area (TPSA) is 64.9 Å². The maximum atomic E-state index is 6.01. The largest absolute Gasteiger partial charge is 0.473 e. The standard InChI is InChI=1S/C13H17N5O/c1-18-11(4-7-17-18)12-13(16-9-8-15-12)19-10-2-5-14-6-3-10/h4,7-10,14H,2-3,5-6H2,1H3. The van der Waals surface area contributed by atoms with E-state index in [2.05, 4.69) is 20.4 Å². The first kappa shape index (κ1) is 12.1. The Morgan fingerprint density at radius 1 is 1.21 bits per heavy atom. The highest BCUT2D eigenvalue weighted by atomic mass is 16.5. The molecule has 1 N–H and O–H groups in total. The lowest BCUT2D eigenvalue weighted by atomic mass is 10.1. The van der Waals surface area contributed by atoms with E-state index < -0.39 is 0 Å². The number of aromatic nitrogens is 4. The molecule has 0 atom stereocenters. The molecule has 1 aliphatic heterocycles. The molecule has 0 unspecified atom stereocenters. The summed E-state index contributed by atoms with van der Waals surface area (Å²) in [4.78, 5) is 8.71. The Hall–Kier alpha value is -1.95. The first-order valence-electron chi connectivity index (χ1n) is 6.51. The number of hydrogen-bond donors (Lipinski definition) is 1. The van der Waals surface area contributed by atoms with Crippen molar-refractivity contribution in [2.24, 2.45) is 7.05 Å². The zero-order chi connectivity index (χ0) is 13.1. The van der Waals surface area contributed by atoms with Gasteiger partial charge < -0.3 is 10.1 Å². The molecule has 0 radical (unpaired) electrons. The van der Waals surface area contributed by atoms with Crippen molar-refractivity contribution in [3.63, 3.8) is 0 Å². The predicted octanol–water partition coefficient (Wildman–Crippen LogP) is 1.01. The number of rotatable bonds is 3. The van der Waals surface area contributed by atoms with Crippen LogP contribution in [0.5, 0.6) is 5.88 Å². The van der Waals surface area contributed by atoms with Crippen molar-refractivity contribution in [3.8, 4) is 17.3 Å². The molecule has 0 spiro atoms. The van der Waals surface area contributed by atoms with Crippen molar-refractivity contribution >= 4 is 0 Å². The maximum Gasteiger partial charge on any atom is 0.242 e. The SMILES string of the molecule is Cn1nccc1-c1nccnc1OC1CCNCC1. The van der Waals surface area contributed by atoms with Gasteiger partial charge in [-0.25, -0.2) is 9.97 Å². The van der Waals surface area contributed by atoms with Crippen LogP contribution in [0.1, 0.15) is 12.8 Å². The van der Waals surface area contributed by atoms with E-state index in [1.54, 1.807) is 23.3 Å². The van der Waals surface area contributed by atoms with Gasteiger partial charge in [0.2, 0.25) is 5.88 Å². The molecule has 100 valence electrons. The summed E-state index contributed by atoms with van der Waals surface area (Å²) in [5.41, 5.74) is 1.66. The third kappa shape index (κ3) is 2.58. The minimum atomic E-state index is 0.213. The summed E-state index contributed by atoms with van der Waals surface area (Å²) < 4.78 is 7.79. The highest BCUT2D eigenvalue weighted by molar-refractivity contribution is 5.59. The lowest BCUT2D eigenvalue weighted by Crippen LogP contribution is -2.34. The molecule has 3 heterocycles. The van der Waals surface area contributed by atoms with E-state index in [9.17, 15) is 0 Å². The first-order chi connectivity index (χ1) is 9.34. The van der Waals surface area contributed by atoms with E-state index in [0.717, 1.165) is 37.3 Å². The molecule has 0 saturated carbocycles. The Morgan fingerprint density at radius 2 is 2.00 bits per heavy atom. The second-order valence-electron chi connectivity index (χ2n) is 4.62. The summed E-state index contributed by atoms with van der Waals surface area (Å²) in [6.45, 7) is 1.98. The number of aryl methyl sites for hydroxylation is 1. The normalized spacial score (nSPS) is 16.5. The third-order valence-electron chi connectivity index (χ3n) is 3.29. The van der Waals surface area contributed by atoms with Gasteiger partial charge in [0.25, 0.3) is 0 Å². The molecule has 0 aromatic carbocycles. The third-order valence-corrected chi connectivity index (χ3v) is 3.29. The van der Waals surface area contributed by atoms with Gasteiger partial charge in [0, 0.05) is 25.6 Å². The molecule has 0 amide bonds. The van der Waals surface area contributed by atoms with Crippen LogP contribution in [-0.4, -0.2) is 38.9 Å². The lowest BCUT2D eigenvalue weighted by molar-refractivity contribution is 0.156. The highest BCUT2D eigenvalue weighted by Gasteiger charge is 2.19. The fraction of sp³-hybridized carbons (Fsp3) is 0.462. The summed E-state index contributed by atoms with van der Waals surface area (Å²) in [6.07, 6.45) is 7.31. The smallest absolute Gasteiger partial charge is 0.242 e. The van der Waals surface area contributed by atoms with Crippen LogP contribution >= 0.6 is 0 Å². The zero-order valence-corrected chi connectivity index (χ0v) is 10.9. The summed E-state index contributed by atoms with van der Waals surface area (Å²) in [6, 6.07) is 1.92. The van der Waals surface area contributed by atoms with Gasteiger partial charge in [0.1, 0.15) is 6.10 Å². The average molecular weight is 259 g/mol. The van der Waals surface area contributed by atoms with Gasteiger partial charge in [0.15, 0.2) is 5.69 Å². The van der Waals surface area contributed by atoms with Crippen molar-refractivity contribution in [1.29, 1.82) is 0 Å². The van der Waals surface area contributed by atoms with Gasteiger partial charge in [-0.2, -0.15) is 5.10 Å². The van der Waals surface area contributed by atoms with Crippen LogP contribution in [0.25, 0.3) is 11.4 Å². The van der Waals surface area contributed by atoms with Crippen LogP contribution in [0, 0.1) is 0 Å². The molecule has 3 rings (SSSR count). The predicted molar refractivity (Wildman–Crippen MR) is 70.8 cm³/mol. The number of nitrogens with zero attached hydrogens (tertiary/aromatic N) is 4. The van der Waals surface area contributed by atoms with Gasteiger partial charge >= 0.3 is 0 Å². The van der Waals surface area contributed by atoms with Crippen molar-refractivity contribution in [2.45, 2.75) is 18.9 Å². The number of ether oxygens (including phenoxy) is 1. The van der Waals surface area contributed by atoms with Gasteiger partial charge in [-0.15, -0.1) is 0 Å². The van der Waals surface area contributed by atoms with Gasteiger partial charge in [0.05, 0.1) is 5.69 Å². The Bertz CT molecular complexity index is 547. The van der Waals surface area contributed by atoms with E-state index in [0.29, 0.717) is 5.88 Å². The van der Waals surface area contributed by atoms with Gasteiger partial charge in [-0.3, -0.25) is 4.68 Å². The van der Waals surface area contributed by atoms with Crippen LogP contribution < -0.4 is 10.1 Å². The first-order valence-corrected chi connectivity index (χ1v) is 6.51. The summed E-state index contributed by atoms with van der Waals surface area (Å²) >= 11 is 0. The molecule has 1 fully saturated rings. The number of nitrogens with one attached hydrogen (secondary N) is 1. The Labute approximate surface area is 111 Å².